The van der Waals surface area contributed by atoms with E-state index in [9.17, 15) is 4.79 Å². The highest BCUT2D eigenvalue weighted by atomic mass is 32.2. The van der Waals surface area contributed by atoms with Crippen LogP contribution < -0.4 is 4.74 Å². The molecule has 0 aliphatic carbocycles. The van der Waals surface area contributed by atoms with Gasteiger partial charge in [-0.15, -0.1) is 11.8 Å². The van der Waals surface area contributed by atoms with Gasteiger partial charge in [0.25, 0.3) is 5.91 Å². The van der Waals surface area contributed by atoms with Crippen LogP contribution in [0.5, 0.6) is 5.75 Å². The van der Waals surface area contributed by atoms with Gasteiger partial charge in [0.15, 0.2) is 0 Å². The first-order valence-electron chi connectivity index (χ1n) is 12.0. The maximum absolute atomic E-state index is 13.3. The van der Waals surface area contributed by atoms with E-state index in [0.717, 1.165) is 41.2 Å². The fourth-order valence-electron chi connectivity index (χ4n) is 4.16. The number of aryl methyl sites for hydroxylation is 1. The molecule has 172 valence electrons. The van der Waals surface area contributed by atoms with Crippen molar-refractivity contribution in [3.8, 4) is 5.75 Å². The Hall–Kier alpha value is -2.72. The Morgan fingerprint density at radius 3 is 2.39 bits per heavy atom. The summed E-state index contributed by atoms with van der Waals surface area (Å²) < 4.78 is 5.92. The van der Waals surface area contributed by atoms with Crippen molar-refractivity contribution >= 4 is 17.7 Å². The van der Waals surface area contributed by atoms with Gasteiger partial charge in [0.1, 0.15) is 17.7 Å². The van der Waals surface area contributed by atoms with Crippen LogP contribution in [0.15, 0.2) is 78.9 Å². The summed E-state index contributed by atoms with van der Waals surface area (Å²) in [7, 11) is 0. The van der Waals surface area contributed by atoms with Crippen LogP contribution in [0, 0.1) is 0 Å². The third-order valence-electron chi connectivity index (χ3n) is 6.09. The van der Waals surface area contributed by atoms with E-state index in [1.807, 2.05) is 59.1 Å². The minimum Gasteiger partial charge on any atom is -0.489 e. The van der Waals surface area contributed by atoms with E-state index in [2.05, 4.69) is 43.3 Å². The van der Waals surface area contributed by atoms with Crippen molar-refractivity contribution in [3.63, 3.8) is 0 Å². The lowest BCUT2D eigenvalue weighted by Crippen LogP contribution is -2.30. The van der Waals surface area contributed by atoms with Crippen molar-refractivity contribution < 1.29 is 9.53 Å². The summed E-state index contributed by atoms with van der Waals surface area (Å²) in [6.45, 7) is 3.56. The van der Waals surface area contributed by atoms with E-state index in [4.69, 9.17) is 4.74 Å². The summed E-state index contributed by atoms with van der Waals surface area (Å²) in [6, 6.07) is 26.6. The monoisotopic (exact) mass is 459 g/mol. The lowest BCUT2D eigenvalue weighted by Gasteiger charge is -2.24. The Balaban J connectivity index is 1.35. The fourth-order valence-corrected chi connectivity index (χ4v) is 5.42. The number of carbonyl (C=O) groups is 1. The molecule has 0 radical (unpaired) electrons. The Morgan fingerprint density at radius 2 is 1.67 bits per heavy atom. The molecular weight excluding hydrogens is 426 g/mol. The molecule has 4 heteroatoms. The molecule has 1 fully saturated rings. The quantitative estimate of drug-likeness (QED) is 0.298. The number of amides is 1. The molecule has 0 saturated carbocycles. The van der Waals surface area contributed by atoms with Gasteiger partial charge in [-0.25, -0.2) is 0 Å². The first-order chi connectivity index (χ1) is 16.2. The summed E-state index contributed by atoms with van der Waals surface area (Å²) in [6.07, 6.45) is 6.14. The predicted octanol–water partition coefficient (Wildman–Crippen LogP) is 7.28. The SMILES string of the molecule is CCCCCCc1ccc(C(=O)N2CCSC2c2ccc(OCc3ccccc3)cc2)cc1. The second-order valence-electron chi connectivity index (χ2n) is 8.57. The molecule has 1 unspecified atom stereocenters. The van der Waals surface area contributed by atoms with Crippen LogP contribution in [-0.4, -0.2) is 23.1 Å². The van der Waals surface area contributed by atoms with E-state index in [1.54, 1.807) is 0 Å². The zero-order valence-electron chi connectivity index (χ0n) is 19.4. The summed E-state index contributed by atoms with van der Waals surface area (Å²) in [5.41, 5.74) is 4.39. The van der Waals surface area contributed by atoms with E-state index < -0.39 is 0 Å². The van der Waals surface area contributed by atoms with Crippen LogP contribution in [0.3, 0.4) is 0 Å². The van der Waals surface area contributed by atoms with Gasteiger partial charge in [-0.2, -0.15) is 0 Å². The molecule has 3 aromatic rings. The highest BCUT2D eigenvalue weighted by molar-refractivity contribution is 7.99. The third kappa shape index (κ3) is 6.42. The average Bonchev–Trinajstić information content (AvgIpc) is 3.36. The van der Waals surface area contributed by atoms with Crippen LogP contribution in [0.2, 0.25) is 0 Å². The Kier molecular flexibility index (Phi) is 8.48. The molecule has 3 aromatic carbocycles. The number of hydrogen-bond donors (Lipinski definition) is 0. The molecule has 0 aromatic heterocycles. The third-order valence-corrected chi connectivity index (χ3v) is 7.35. The van der Waals surface area contributed by atoms with Gasteiger partial charge in [0.2, 0.25) is 0 Å². The number of ether oxygens (including phenoxy) is 1. The predicted molar refractivity (Wildman–Crippen MR) is 138 cm³/mol. The molecule has 1 aliphatic heterocycles. The van der Waals surface area contributed by atoms with Crippen LogP contribution in [0.4, 0.5) is 0 Å². The van der Waals surface area contributed by atoms with Crippen LogP contribution in [-0.2, 0) is 13.0 Å². The highest BCUT2D eigenvalue weighted by Crippen LogP contribution is 2.39. The molecule has 4 rings (SSSR count). The Labute approximate surface area is 202 Å². The van der Waals surface area contributed by atoms with Crippen molar-refractivity contribution in [1.29, 1.82) is 0 Å². The van der Waals surface area contributed by atoms with Gasteiger partial charge in [0.05, 0.1) is 0 Å². The maximum atomic E-state index is 13.3. The zero-order chi connectivity index (χ0) is 22.9. The number of hydrogen-bond acceptors (Lipinski definition) is 3. The smallest absolute Gasteiger partial charge is 0.255 e. The second kappa shape index (κ2) is 11.9. The molecule has 1 heterocycles. The van der Waals surface area contributed by atoms with E-state index in [0.29, 0.717) is 6.61 Å². The lowest BCUT2D eigenvalue weighted by molar-refractivity contribution is 0.0760. The minimum atomic E-state index is 0.0504. The van der Waals surface area contributed by atoms with Gasteiger partial charge >= 0.3 is 0 Å². The average molecular weight is 460 g/mol. The standard InChI is InChI=1S/C29H33NO2S/c1-2-3-4-6-9-23-12-14-25(15-13-23)28(31)30-20-21-33-29(30)26-16-18-27(19-17-26)32-22-24-10-7-5-8-11-24/h5,7-8,10-19,29H,2-4,6,9,20-22H2,1H3. The van der Waals surface area contributed by atoms with Gasteiger partial charge in [-0.05, 0) is 53.8 Å². The zero-order valence-corrected chi connectivity index (χ0v) is 20.2. The number of benzene rings is 3. The molecule has 1 saturated heterocycles. The molecule has 33 heavy (non-hydrogen) atoms. The number of thioether (sulfide) groups is 1. The lowest BCUT2D eigenvalue weighted by atomic mass is 10.0. The summed E-state index contributed by atoms with van der Waals surface area (Å²) >= 11 is 1.83. The summed E-state index contributed by atoms with van der Waals surface area (Å²) in [5.74, 6) is 1.92. The largest absolute Gasteiger partial charge is 0.489 e. The van der Waals surface area contributed by atoms with Crippen LogP contribution in [0.25, 0.3) is 0 Å². The first-order valence-corrected chi connectivity index (χ1v) is 13.1. The molecule has 1 aliphatic rings. The van der Waals surface area contributed by atoms with Gasteiger partial charge in [0, 0.05) is 17.9 Å². The number of carbonyl (C=O) groups excluding carboxylic acids is 1. The van der Waals surface area contributed by atoms with Gasteiger partial charge < -0.3 is 9.64 Å². The summed E-state index contributed by atoms with van der Waals surface area (Å²) in [5, 5.41) is 0.0504. The molecule has 1 atom stereocenters. The van der Waals surface area contributed by atoms with Gasteiger partial charge in [-0.1, -0.05) is 80.8 Å². The molecule has 0 bridgehead atoms. The summed E-state index contributed by atoms with van der Waals surface area (Å²) in [4.78, 5) is 15.3. The first kappa shape index (κ1) is 23.4. The Morgan fingerprint density at radius 1 is 0.909 bits per heavy atom. The molecule has 0 N–H and O–H groups in total. The Bertz CT molecular complexity index is 1000. The van der Waals surface area contributed by atoms with E-state index in [1.165, 1.54) is 31.2 Å². The van der Waals surface area contributed by atoms with Crippen molar-refractivity contribution in [2.45, 2.75) is 51.0 Å². The van der Waals surface area contributed by atoms with E-state index >= 15 is 0 Å². The fraction of sp³-hybridized carbons (Fsp3) is 0.345. The van der Waals surface area contributed by atoms with Gasteiger partial charge in [-0.3, -0.25) is 4.79 Å². The maximum Gasteiger partial charge on any atom is 0.255 e. The van der Waals surface area contributed by atoms with E-state index in [-0.39, 0.29) is 11.3 Å². The molecular formula is C29H33NO2S. The second-order valence-corrected chi connectivity index (χ2v) is 9.76. The highest BCUT2D eigenvalue weighted by Gasteiger charge is 2.31. The topological polar surface area (TPSA) is 29.5 Å². The van der Waals surface area contributed by atoms with Crippen LogP contribution in [0.1, 0.15) is 65.0 Å². The normalized spacial score (nSPS) is 15.5. The van der Waals surface area contributed by atoms with Crippen molar-refractivity contribution in [2.75, 3.05) is 12.3 Å². The number of nitrogens with zero attached hydrogens (tertiary/aromatic N) is 1. The number of unbranched alkanes of at least 4 members (excludes halogenated alkanes) is 3. The van der Waals surface area contributed by atoms with Crippen molar-refractivity contribution in [1.82, 2.24) is 4.90 Å². The molecule has 3 nitrogen and oxygen atoms in total. The number of rotatable bonds is 10. The molecule has 0 spiro atoms. The van der Waals surface area contributed by atoms with Crippen molar-refractivity contribution in [3.05, 3.63) is 101 Å². The molecule has 1 amide bonds. The van der Waals surface area contributed by atoms with Crippen molar-refractivity contribution in [2.24, 2.45) is 0 Å². The van der Waals surface area contributed by atoms with Crippen LogP contribution >= 0.6 is 11.8 Å². The minimum absolute atomic E-state index is 0.0504.